The normalized spacial score (nSPS) is 10.5. The third-order valence-corrected chi connectivity index (χ3v) is 3.32. The number of amides is 1. The van der Waals surface area contributed by atoms with Gasteiger partial charge >= 0.3 is 5.97 Å². The fraction of sp³-hybridized carbons (Fsp3) is 0.500. The number of benzene rings is 1. The van der Waals surface area contributed by atoms with Gasteiger partial charge in [0.1, 0.15) is 6.61 Å². The third-order valence-electron chi connectivity index (χ3n) is 3.32. The summed E-state index contributed by atoms with van der Waals surface area (Å²) in [5, 5.41) is 0. The second kappa shape index (κ2) is 8.42. The van der Waals surface area contributed by atoms with Gasteiger partial charge in [-0.05, 0) is 25.2 Å². The van der Waals surface area contributed by atoms with E-state index in [1.165, 1.54) is 4.90 Å². The molecule has 0 aliphatic carbocycles. The summed E-state index contributed by atoms with van der Waals surface area (Å²) in [5.41, 5.74) is 0.686. The maximum Gasteiger partial charge on any atom is 0.338 e. The zero-order valence-electron chi connectivity index (χ0n) is 13.3. The molecule has 5 nitrogen and oxygen atoms in total. The predicted octanol–water partition coefficient (Wildman–Crippen LogP) is 1.89. The maximum atomic E-state index is 12.1. The van der Waals surface area contributed by atoms with Gasteiger partial charge in [-0.3, -0.25) is 4.79 Å². The largest absolute Gasteiger partial charge is 0.461 e. The SMILES string of the molecule is CCN(CC)CCOC(=O)c1ccccc1C(=O)N(C)C. The van der Waals surface area contributed by atoms with Crippen LogP contribution < -0.4 is 0 Å². The smallest absolute Gasteiger partial charge is 0.338 e. The Morgan fingerprint density at radius 1 is 1.05 bits per heavy atom. The van der Waals surface area contributed by atoms with Crippen molar-refractivity contribution in [3.05, 3.63) is 35.4 Å². The van der Waals surface area contributed by atoms with Crippen molar-refractivity contribution in [2.75, 3.05) is 40.3 Å². The number of nitrogens with zero attached hydrogens (tertiary/aromatic N) is 2. The summed E-state index contributed by atoms with van der Waals surface area (Å²) in [5.74, 6) is -0.653. The molecule has 116 valence electrons. The van der Waals surface area contributed by atoms with Crippen molar-refractivity contribution in [1.82, 2.24) is 9.80 Å². The molecule has 0 radical (unpaired) electrons. The van der Waals surface area contributed by atoms with E-state index in [0.717, 1.165) is 13.1 Å². The summed E-state index contributed by atoms with van der Waals surface area (Å²) in [6.07, 6.45) is 0. The van der Waals surface area contributed by atoms with Gasteiger partial charge in [0, 0.05) is 20.6 Å². The summed E-state index contributed by atoms with van der Waals surface area (Å²) < 4.78 is 5.28. The lowest BCUT2D eigenvalue weighted by Gasteiger charge is -2.18. The molecule has 0 unspecified atom stereocenters. The van der Waals surface area contributed by atoms with Crippen LogP contribution in [0.4, 0.5) is 0 Å². The molecular formula is C16H24N2O3. The van der Waals surface area contributed by atoms with Crippen LogP contribution in [0.5, 0.6) is 0 Å². The molecule has 0 aliphatic heterocycles. The number of likely N-dealkylation sites (N-methyl/N-ethyl adjacent to an activating group) is 1. The van der Waals surface area contributed by atoms with Crippen LogP contribution in [0.15, 0.2) is 24.3 Å². The predicted molar refractivity (Wildman–Crippen MR) is 82.5 cm³/mol. The molecule has 0 fully saturated rings. The number of rotatable bonds is 7. The van der Waals surface area contributed by atoms with Crippen molar-refractivity contribution in [1.29, 1.82) is 0 Å². The average Bonchev–Trinajstić information content (AvgIpc) is 2.50. The Morgan fingerprint density at radius 3 is 2.14 bits per heavy atom. The van der Waals surface area contributed by atoms with Gasteiger partial charge in [0.15, 0.2) is 0 Å². The van der Waals surface area contributed by atoms with Gasteiger partial charge in [-0.2, -0.15) is 0 Å². The lowest BCUT2D eigenvalue weighted by molar-refractivity contribution is 0.0461. The zero-order valence-corrected chi connectivity index (χ0v) is 13.3. The summed E-state index contributed by atoms with van der Waals surface area (Å²) in [7, 11) is 3.32. The summed E-state index contributed by atoms with van der Waals surface area (Å²) in [4.78, 5) is 27.8. The third kappa shape index (κ3) is 4.86. The molecule has 0 saturated heterocycles. The molecule has 0 atom stereocenters. The van der Waals surface area contributed by atoms with E-state index >= 15 is 0 Å². The Balaban J connectivity index is 2.72. The van der Waals surface area contributed by atoms with Crippen molar-refractivity contribution < 1.29 is 14.3 Å². The maximum absolute atomic E-state index is 12.1. The first kappa shape index (κ1) is 17.2. The second-order valence-electron chi connectivity index (χ2n) is 4.91. The number of carbonyl (C=O) groups is 2. The first-order valence-corrected chi connectivity index (χ1v) is 7.21. The highest BCUT2D eigenvalue weighted by molar-refractivity contribution is 6.05. The molecule has 0 aromatic heterocycles. The molecule has 0 bridgehead atoms. The minimum absolute atomic E-state index is 0.203. The summed E-state index contributed by atoms with van der Waals surface area (Å²) >= 11 is 0. The Kier molecular flexibility index (Phi) is 6.88. The van der Waals surface area contributed by atoms with Crippen molar-refractivity contribution in [2.45, 2.75) is 13.8 Å². The van der Waals surface area contributed by atoms with E-state index in [4.69, 9.17) is 4.74 Å². The van der Waals surface area contributed by atoms with Crippen molar-refractivity contribution in [3.63, 3.8) is 0 Å². The first-order chi connectivity index (χ1) is 10.0. The lowest BCUT2D eigenvalue weighted by atomic mass is 10.1. The van der Waals surface area contributed by atoms with E-state index in [1.807, 2.05) is 0 Å². The molecule has 0 spiro atoms. The van der Waals surface area contributed by atoms with E-state index in [-0.39, 0.29) is 5.91 Å². The molecule has 1 amide bonds. The average molecular weight is 292 g/mol. The molecule has 0 N–H and O–H groups in total. The molecule has 0 saturated carbocycles. The van der Waals surface area contributed by atoms with Gasteiger partial charge in [0.2, 0.25) is 0 Å². The number of hydrogen-bond acceptors (Lipinski definition) is 4. The Labute approximate surface area is 126 Å². The molecule has 0 aliphatic rings. The van der Waals surface area contributed by atoms with Gasteiger partial charge in [-0.15, -0.1) is 0 Å². The van der Waals surface area contributed by atoms with Crippen LogP contribution in [-0.4, -0.2) is 62.0 Å². The van der Waals surface area contributed by atoms with Crippen LogP contribution >= 0.6 is 0 Å². The van der Waals surface area contributed by atoms with Crippen molar-refractivity contribution >= 4 is 11.9 Å². The molecular weight excluding hydrogens is 268 g/mol. The highest BCUT2D eigenvalue weighted by Gasteiger charge is 2.18. The van der Waals surface area contributed by atoms with E-state index in [1.54, 1.807) is 38.4 Å². The Hall–Kier alpha value is -1.88. The summed E-state index contributed by atoms with van der Waals surface area (Å²) in [6.45, 7) is 6.99. The molecule has 1 rings (SSSR count). The van der Waals surface area contributed by atoms with E-state index in [0.29, 0.717) is 24.3 Å². The van der Waals surface area contributed by atoms with Gasteiger partial charge < -0.3 is 14.5 Å². The summed E-state index contributed by atoms with van der Waals surface area (Å²) in [6, 6.07) is 6.73. The number of esters is 1. The fourth-order valence-corrected chi connectivity index (χ4v) is 1.97. The standard InChI is InChI=1S/C16H24N2O3/c1-5-18(6-2)11-12-21-16(20)14-10-8-7-9-13(14)15(19)17(3)4/h7-10H,5-6,11-12H2,1-4H3. The Morgan fingerprint density at radius 2 is 1.62 bits per heavy atom. The molecule has 5 heteroatoms. The van der Waals surface area contributed by atoms with E-state index < -0.39 is 5.97 Å². The van der Waals surface area contributed by atoms with Gasteiger partial charge in [-0.25, -0.2) is 4.79 Å². The van der Waals surface area contributed by atoms with Crippen LogP contribution in [-0.2, 0) is 4.74 Å². The topological polar surface area (TPSA) is 49.9 Å². The minimum Gasteiger partial charge on any atom is -0.461 e. The quantitative estimate of drug-likeness (QED) is 0.720. The number of hydrogen-bond donors (Lipinski definition) is 0. The van der Waals surface area contributed by atoms with Crippen molar-refractivity contribution in [3.8, 4) is 0 Å². The van der Waals surface area contributed by atoms with Gasteiger partial charge in [0.05, 0.1) is 11.1 Å². The van der Waals surface area contributed by atoms with Gasteiger partial charge in [-0.1, -0.05) is 26.0 Å². The van der Waals surface area contributed by atoms with E-state index in [2.05, 4.69) is 18.7 Å². The van der Waals surface area contributed by atoms with Gasteiger partial charge in [0.25, 0.3) is 5.91 Å². The Bertz CT molecular complexity index is 482. The van der Waals surface area contributed by atoms with Crippen molar-refractivity contribution in [2.24, 2.45) is 0 Å². The minimum atomic E-state index is -0.451. The first-order valence-electron chi connectivity index (χ1n) is 7.21. The molecule has 1 aromatic carbocycles. The number of ether oxygens (including phenoxy) is 1. The molecule has 1 aromatic rings. The highest BCUT2D eigenvalue weighted by atomic mass is 16.5. The van der Waals surface area contributed by atoms with E-state index in [9.17, 15) is 9.59 Å². The lowest BCUT2D eigenvalue weighted by Crippen LogP contribution is -2.28. The molecule has 0 heterocycles. The van der Waals surface area contributed by atoms with Crippen LogP contribution in [0, 0.1) is 0 Å². The zero-order chi connectivity index (χ0) is 15.8. The van der Waals surface area contributed by atoms with Crippen LogP contribution in [0.1, 0.15) is 34.6 Å². The number of carbonyl (C=O) groups excluding carboxylic acids is 2. The fourth-order valence-electron chi connectivity index (χ4n) is 1.97. The monoisotopic (exact) mass is 292 g/mol. The molecule has 21 heavy (non-hydrogen) atoms. The second-order valence-corrected chi connectivity index (χ2v) is 4.91. The van der Waals surface area contributed by atoms with Crippen LogP contribution in [0.2, 0.25) is 0 Å². The van der Waals surface area contributed by atoms with Crippen LogP contribution in [0.25, 0.3) is 0 Å². The highest BCUT2D eigenvalue weighted by Crippen LogP contribution is 2.12. The van der Waals surface area contributed by atoms with Crippen LogP contribution in [0.3, 0.4) is 0 Å².